The summed E-state index contributed by atoms with van der Waals surface area (Å²) in [7, 11) is 0. The minimum atomic E-state index is -0.987. The lowest BCUT2D eigenvalue weighted by atomic mass is 9.93. The molecular weight excluding hydrogens is 204 g/mol. The topological polar surface area (TPSA) is 66.2 Å². The lowest BCUT2D eigenvalue weighted by Gasteiger charge is -2.50. The Morgan fingerprint density at radius 2 is 1.94 bits per heavy atom. The Bertz CT molecular complexity index is 283. The molecule has 0 radical (unpaired) electrons. The monoisotopic (exact) mass is 228 g/mol. The molecule has 4 heteroatoms. The van der Waals surface area contributed by atoms with Crippen LogP contribution in [0.2, 0.25) is 0 Å². The number of amides is 1. The molecule has 1 aliphatic heterocycles. The first-order valence-electron chi connectivity index (χ1n) is 5.98. The van der Waals surface area contributed by atoms with E-state index in [9.17, 15) is 9.90 Å². The van der Waals surface area contributed by atoms with E-state index in [1.807, 2.05) is 20.8 Å². The van der Waals surface area contributed by atoms with Gasteiger partial charge in [0, 0.05) is 12.3 Å². The molecule has 1 rings (SSSR count). The van der Waals surface area contributed by atoms with Crippen LogP contribution in [0.5, 0.6) is 0 Å². The quantitative estimate of drug-likeness (QED) is 0.672. The third-order valence-electron chi connectivity index (χ3n) is 3.93. The first-order valence-corrected chi connectivity index (χ1v) is 5.98. The summed E-state index contributed by atoms with van der Waals surface area (Å²) in [5, 5.41) is 11.6. The highest BCUT2D eigenvalue weighted by Crippen LogP contribution is 2.39. The average Bonchev–Trinajstić information content (AvgIpc) is 2.42. The van der Waals surface area contributed by atoms with Crippen LogP contribution in [0.3, 0.4) is 0 Å². The molecule has 4 nitrogen and oxygen atoms in total. The molecule has 0 bridgehead atoms. The van der Waals surface area contributed by atoms with Crippen LogP contribution < -0.4 is 10.8 Å². The number of quaternary nitrogens is 1. The third-order valence-corrected chi connectivity index (χ3v) is 3.93. The highest BCUT2D eigenvalue weighted by atomic mass is 16.4. The standard InChI is InChI=1S/C12H24N2O2/c1-8(2)10-6-9(13)7-14(10,11(15)16)12(3,4)5/h8-10H,6-7,13H2,1-5H3/t9-,10-,14?/m1/s1. The summed E-state index contributed by atoms with van der Waals surface area (Å²) in [6.07, 6.45) is -0.220. The van der Waals surface area contributed by atoms with Gasteiger partial charge >= 0.3 is 0 Å². The van der Waals surface area contributed by atoms with Gasteiger partial charge in [0.2, 0.25) is 0 Å². The molecule has 1 amide bonds. The van der Waals surface area contributed by atoms with E-state index in [0.717, 1.165) is 6.42 Å². The van der Waals surface area contributed by atoms with Gasteiger partial charge < -0.3 is 15.6 Å². The summed E-state index contributed by atoms with van der Waals surface area (Å²) in [5.41, 5.74) is 5.59. The van der Waals surface area contributed by atoms with E-state index in [2.05, 4.69) is 13.8 Å². The molecule has 0 saturated carbocycles. The van der Waals surface area contributed by atoms with Crippen molar-refractivity contribution in [2.45, 2.75) is 58.7 Å². The van der Waals surface area contributed by atoms with Crippen LogP contribution in [0.25, 0.3) is 0 Å². The van der Waals surface area contributed by atoms with Crippen LogP contribution in [0.4, 0.5) is 4.79 Å². The molecule has 3 atom stereocenters. The maximum atomic E-state index is 11.6. The molecule has 0 aromatic carbocycles. The Labute approximate surface area is 98.0 Å². The summed E-state index contributed by atoms with van der Waals surface area (Å²) in [5.74, 6) is 0.297. The Kier molecular flexibility index (Phi) is 3.37. The number of hydrogen-bond acceptors (Lipinski definition) is 3. The molecule has 2 N–H and O–H groups in total. The lowest BCUT2D eigenvalue weighted by Crippen LogP contribution is -2.71. The van der Waals surface area contributed by atoms with Crippen molar-refractivity contribution in [3.05, 3.63) is 0 Å². The first kappa shape index (κ1) is 13.5. The number of rotatable bonds is 1. The molecule has 16 heavy (non-hydrogen) atoms. The minimum absolute atomic E-state index is 0.00810. The first-order chi connectivity index (χ1) is 7.13. The van der Waals surface area contributed by atoms with Gasteiger partial charge in [-0.15, -0.1) is 0 Å². The summed E-state index contributed by atoms with van der Waals surface area (Å²) in [4.78, 5) is 11.6. The van der Waals surface area contributed by atoms with Crippen molar-refractivity contribution in [1.29, 1.82) is 0 Å². The van der Waals surface area contributed by atoms with Crippen LogP contribution in [0.1, 0.15) is 41.0 Å². The Hall–Kier alpha value is -0.610. The fourth-order valence-corrected chi connectivity index (χ4v) is 3.11. The second-order valence-electron chi connectivity index (χ2n) is 6.30. The average molecular weight is 228 g/mol. The normalized spacial score (nSPS) is 35.7. The fraction of sp³-hybridized carbons (Fsp3) is 0.917. The lowest BCUT2D eigenvalue weighted by molar-refractivity contribution is -0.933. The Balaban J connectivity index is 3.23. The van der Waals surface area contributed by atoms with E-state index in [1.54, 1.807) is 0 Å². The minimum Gasteiger partial charge on any atom is -0.498 e. The van der Waals surface area contributed by atoms with Gasteiger partial charge in [-0.25, -0.2) is 0 Å². The second kappa shape index (κ2) is 4.00. The van der Waals surface area contributed by atoms with Crippen LogP contribution in [0, 0.1) is 5.92 Å². The van der Waals surface area contributed by atoms with Gasteiger partial charge in [0.1, 0.15) is 6.54 Å². The van der Waals surface area contributed by atoms with E-state index < -0.39 is 6.09 Å². The molecule has 1 heterocycles. The van der Waals surface area contributed by atoms with Crippen molar-refractivity contribution in [3.63, 3.8) is 0 Å². The van der Waals surface area contributed by atoms with Crippen molar-refractivity contribution in [2.24, 2.45) is 11.7 Å². The van der Waals surface area contributed by atoms with E-state index in [-0.39, 0.29) is 22.1 Å². The third kappa shape index (κ3) is 1.84. The zero-order valence-corrected chi connectivity index (χ0v) is 11.0. The van der Waals surface area contributed by atoms with Gasteiger partial charge in [-0.1, -0.05) is 13.8 Å². The van der Waals surface area contributed by atoms with Gasteiger partial charge in [0.15, 0.2) is 0 Å². The predicted octanol–water partition coefficient (Wildman–Crippen LogP) is 0.701. The zero-order chi connectivity index (χ0) is 12.7. The molecule has 0 spiro atoms. The largest absolute Gasteiger partial charge is 0.498 e. The van der Waals surface area contributed by atoms with Crippen molar-refractivity contribution in [1.82, 2.24) is 0 Å². The Morgan fingerprint density at radius 3 is 2.19 bits per heavy atom. The van der Waals surface area contributed by atoms with Crippen molar-refractivity contribution in [2.75, 3.05) is 6.54 Å². The SMILES string of the molecule is CC(C)[C@H]1C[C@@H](N)C[N+]1(C(=O)[O-])C(C)(C)C. The van der Waals surface area contributed by atoms with Gasteiger partial charge in [0.05, 0.1) is 17.6 Å². The molecule has 0 aromatic rings. The number of likely N-dealkylation sites (tertiary alicyclic amines) is 1. The number of nitrogens with zero attached hydrogens (tertiary/aromatic N) is 1. The molecule has 94 valence electrons. The van der Waals surface area contributed by atoms with E-state index in [1.165, 1.54) is 0 Å². The summed E-state index contributed by atoms with van der Waals surface area (Å²) in [6.45, 7) is 10.5. The predicted molar refractivity (Wildman–Crippen MR) is 61.5 cm³/mol. The van der Waals surface area contributed by atoms with E-state index in [0.29, 0.717) is 12.5 Å². The Morgan fingerprint density at radius 1 is 1.44 bits per heavy atom. The second-order valence-corrected chi connectivity index (χ2v) is 6.30. The number of nitrogens with two attached hydrogens (primary N) is 1. The van der Waals surface area contributed by atoms with Crippen LogP contribution in [-0.2, 0) is 0 Å². The van der Waals surface area contributed by atoms with Crippen molar-refractivity contribution >= 4 is 6.09 Å². The van der Waals surface area contributed by atoms with Gasteiger partial charge in [-0.05, 0) is 20.8 Å². The summed E-state index contributed by atoms with van der Waals surface area (Å²) >= 11 is 0. The molecule has 0 aliphatic carbocycles. The number of carbonyl (C=O) groups excluding carboxylic acids is 1. The summed E-state index contributed by atoms with van der Waals surface area (Å²) in [6, 6.07) is 0.0181. The molecule has 0 aromatic heterocycles. The highest BCUT2D eigenvalue weighted by Gasteiger charge is 2.55. The van der Waals surface area contributed by atoms with Gasteiger partial charge in [-0.3, -0.25) is 4.48 Å². The molecule has 1 saturated heterocycles. The van der Waals surface area contributed by atoms with Crippen molar-refractivity contribution < 1.29 is 14.4 Å². The molecular formula is C12H24N2O2. The van der Waals surface area contributed by atoms with Crippen LogP contribution in [0.15, 0.2) is 0 Å². The highest BCUT2D eigenvalue weighted by molar-refractivity contribution is 5.55. The molecule has 1 aliphatic rings. The number of carbonyl (C=O) groups is 1. The van der Waals surface area contributed by atoms with Gasteiger partial charge in [0.25, 0.3) is 6.09 Å². The fourth-order valence-electron chi connectivity index (χ4n) is 3.11. The van der Waals surface area contributed by atoms with E-state index in [4.69, 9.17) is 5.73 Å². The maximum absolute atomic E-state index is 11.6. The smallest absolute Gasteiger partial charge is 0.258 e. The van der Waals surface area contributed by atoms with Crippen molar-refractivity contribution in [3.8, 4) is 0 Å². The maximum Gasteiger partial charge on any atom is 0.258 e. The number of carboxylic acid groups (broad SMARTS) is 1. The van der Waals surface area contributed by atoms with Gasteiger partial charge in [-0.2, -0.15) is 0 Å². The van der Waals surface area contributed by atoms with Crippen LogP contribution >= 0.6 is 0 Å². The number of hydrogen-bond donors (Lipinski definition) is 1. The zero-order valence-electron chi connectivity index (χ0n) is 11.0. The van der Waals surface area contributed by atoms with E-state index >= 15 is 0 Å². The summed E-state index contributed by atoms with van der Waals surface area (Å²) < 4.78 is -0.00810. The molecule has 1 fully saturated rings. The molecule has 1 unspecified atom stereocenters. The van der Waals surface area contributed by atoms with Crippen LogP contribution in [-0.4, -0.2) is 34.7 Å².